The molecule has 9 rings (SSSR count). The van der Waals surface area contributed by atoms with Crippen molar-refractivity contribution >= 4 is 21.5 Å². The molecule has 9 aromatic rings. The van der Waals surface area contributed by atoms with Crippen molar-refractivity contribution in [2.45, 2.75) is 0 Å². The van der Waals surface area contributed by atoms with Gasteiger partial charge in [0.15, 0.2) is 34.9 Å². The normalized spacial score (nSPS) is 10.7. The van der Waals surface area contributed by atoms with E-state index < -0.39 is 0 Å². The van der Waals surface area contributed by atoms with E-state index in [1.54, 1.807) is 97.1 Å². The predicted molar refractivity (Wildman–Crippen MR) is 223 cm³/mol. The quantitative estimate of drug-likeness (QED) is 0.162. The van der Waals surface area contributed by atoms with Crippen molar-refractivity contribution in [3.63, 3.8) is 0 Å². The number of para-hydroxylation sites is 2. The molecule has 0 aliphatic heterocycles. The molecule has 0 radical (unpaired) electrons. The molecule has 12 heteroatoms. The van der Waals surface area contributed by atoms with Crippen molar-refractivity contribution in [3.8, 4) is 104 Å². The first kappa shape index (κ1) is 36.3. The van der Waals surface area contributed by atoms with Crippen LogP contribution in [0.15, 0.2) is 133 Å². The Kier molecular flexibility index (Phi) is 9.04. The van der Waals surface area contributed by atoms with Crippen LogP contribution in [0.3, 0.4) is 0 Å². The Hall–Kier alpha value is -9.36. The maximum absolute atomic E-state index is 10.8. The Bertz CT molecular complexity index is 3180. The summed E-state index contributed by atoms with van der Waals surface area (Å²) in [4.78, 5) is 28.7. The molecule has 12 nitrogen and oxygen atoms in total. The summed E-state index contributed by atoms with van der Waals surface area (Å²) in [6, 6.07) is 46.6. The summed E-state index contributed by atoms with van der Waals surface area (Å²) in [5.41, 5.74) is 4.68. The summed E-state index contributed by atoms with van der Waals surface area (Å²) in [6.45, 7) is 0. The first-order valence-corrected chi connectivity index (χ1v) is 18.3. The molecule has 0 unspecified atom stereocenters. The van der Waals surface area contributed by atoms with E-state index >= 15 is 0 Å². The van der Waals surface area contributed by atoms with Crippen molar-refractivity contribution in [2.24, 2.45) is 0 Å². The number of phenols is 2. The summed E-state index contributed by atoms with van der Waals surface area (Å²) in [5.74, 6) is 1.66. The van der Waals surface area contributed by atoms with Crippen molar-refractivity contribution in [1.29, 1.82) is 21.0 Å². The van der Waals surface area contributed by atoms with E-state index in [0.717, 1.165) is 0 Å². The topological polar surface area (TPSA) is 213 Å². The number of hydrogen-bond donors (Lipinski definition) is 2. The van der Waals surface area contributed by atoms with Gasteiger partial charge in [-0.05, 0) is 82.2 Å². The summed E-state index contributed by atoms with van der Waals surface area (Å²) in [5, 5.41) is 63.0. The number of nitriles is 4. The number of fused-ring (bicyclic) bond motifs is 2. The average Bonchev–Trinajstić information content (AvgIpc) is 3.30. The number of aromatic hydroxyl groups is 2. The number of aromatic nitrogens is 6. The number of hydrogen-bond acceptors (Lipinski definition) is 12. The minimum absolute atomic E-state index is 0.0138. The molecule has 0 aliphatic rings. The molecule has 0 saturated carbocycles. The molecule has 2 aromatic heterocycles. The number of rotatable bonds is 6. The van der Waals surface area contributed by atoms with Gasteiger partial charge in [0.25, 0.3) is 0 Å². The number of nitrogens with zero attached hydrogens (tertiary/aromatic N) is 10. The second kappa shape index (κ2) is 14.9. The highest BCUT2D eigenvalue weighted by Gasteiger charge is 2.18. The molecule has 2 N–H and O–H groups in total. The van der Waals surface area contributed by atoms with Gasteiger partial charge in [0.05, 0.1) is 57.7 Å². The zero-order chi connectivity index (χ0) is 41.3. The first-order valence-electron chi connectivity index (χ1n) is 18.3. The fourth-order valence-electron chi connectivity index (χ4n) is 6.94. The Morgan fingerprint density at radius 3 is 1.07 bits per heavy atom. The molecule has 0 amide bonds. The van der Waals surface area contributed by atoms with Crippen molar-refractivity contribution in [1.82, 2.24) is 29.9 Å². The zero-order valence-corrected chi connectivity index (χ0v) is 31.1. The van der Waals surface area contributed by atoms with Crippen LogP contribution < -0.4 is 0 Å². The highest BCUT2D eigenvalue weighted by atomic mass is 16.3. The lowest BCUT2D eigenvalue weighted by Gasteiger charge is -2.11. The highest BCUT2D eigenvalue weighted by molar-refractivity contribution is 5.93. The molecule has 2 heterocycles. The van der Waals surface area contributed by atoms with Crippen LogP contribution in [0.4, 0.5) is 0 Å². The Morgan fingerprint density at radius 2 is 0.700 bits per heavy atom. The molecule has 60 heavy (non-hydrogen) atoms. The van der Waals surface area contributed by atoms with Gasteiger partial charge < -0.3 is 10.2 Å². The van der Waals surface area contributed by atoms with E-state index in [0.29, 0.717) is 100 Å². The van der Waals surface area contributed by atoms with Crippen LogP contribution in [0, 0.1) is 45.3 Å². The maximum Gasteiger partial charge on any atom is 0.167 e. The predicted octanol–water partition coefficient (Wildman–Crippen LogP) is 9.26. The van der Waals surface area contributed by atoms with Crippen LogP contribution in [0.1, 0.15) is 22.3 Å². The smallest absolute Gasteiger partial charge is 0.167 e. The van der Waals surface area contributed by atoms with Crippen LogP contribution >= 0.6 is 0 Å². The third-order valence-electron chi connectivity index (χ3n) is 9.88. The molecular formula is C48H24N10O2. The van der Waals surface area contributed by atoms with Crippen LogP contribution in [0.2, 0.25) is 0 Å². The third kappa shape index (κ3) is 6.67. The lowest BCUT2D eigenvalue weighted by atomic mass is 9.99. The maximum atomic E-state index is 10.8. The summed E-state index contributed by atoms with van der Waals surface area (Å²) < 4.78 is 0. The molecule has 0 fully saturated rings. The SMILES string of the molecule is N#Cc1cc(C#N)c2ccc(-c3nc(-c4ccc(-c5nc(-c6ccc7c(C#N)cc(C#N)cc7c6)nc(-c6ccccc6O)n5)cc4)nc(-c4ccccc4O)n3)cc2c1. The molecule has 7 aromatic carbocycles. The second-order valence-electron chi connectivity index (χ2n) is 13.6. The van der Waals surface area contributed by atoms with Crippen LogP contribution in [0.25, 0.3) is 89.9 Å². The van der Waals surface area contributed by atoms with Gasteiger partial charge in [-0.3, -0.25) is 0 Å². The molecular weight excluding hydrogens is 749 g/mol. The molecule has 0 saturated heterocycles. The number of benzene rings is 7. The van der Waals surface area contributed by atoms with E-state index in [9.17, 15) is 31.3 Å². The van der Waals surface area contributed by atoms with Crippen LogP contribution in [-0.2, 0) is 0 Å². The fraction of sp³-hybridized carbons (Fsp3) is 0. The van der Waals surface area contributed by atoms with Gasteiger partial charge >= 0.3 is 0 Å². The minimum atomic E-state index is -0.0138. The largest absolute Gasteiger partial charge is 0.507 e. The Balaban J connectivity index is 1.16. The Labute approximate surface area is 341 Å². The van der Waals surface area contributed by atoms with Crippen molar-refractivity contribution in [2.75, 3.05) is 0 Å². The monoisotopic (exact) mass is 772 g/mol. The van der Waals surface area contributed by atoms with Gasteiger partial charge in [-0.1, -0.05) is 72.8 Å². The van der Waals surface area contributed by atoms with E-state index in [-0.39, 0.29) is 23.1 Å². The highest BCUT2D eigenvalue weighted by Crippen LogP contribution is 2.34. The van der Waals surface area contributed by atoms with Crippen LogP contribution in [-0.4, -0.2) is 40.1 Å². The van der Waals surface area contributed by atoms with E-state index in [4.69, 9.17) is 29.9 Å². The molecule has 278 valence electrons. The van der Waals surface area contributed by atoms with Gasteiger partial charge in [-0.2, -0.15) is 21.0 Å². The van der Waals surface area contributed by atoms with Gasteiger partial charge in [-0.25, -0.2) is 29.9 Å². The summed E-state index contributed by atoms with van der Waals surface area (Å²) >= 11 is 0. The van der Waals surface area contributed by atoms with Gasteiger partial charge in [0, 0.05) is 22.3 Å². The van der Waals surface area contributed by atoms with Gasteiger partial charge in [0.1, 0.15) is 11.5 Å². The molecule has 0 aliphatic carbocycles. The molecule has 0 atom stereocenters. The van der Waals surface area contributed by atoms with Crippen LogP contribution in [0.5, 0.6) is 11.5 Å². The average molecular weight is 773 g/mol. The lowest BCUT2D eigenvalue weighted by Crippen LogP contribution is -2.01. The first-order chi connectivity index (χ1) is 29.3. The standard InChI is InChI=1S/C48H24N10O2/c49-23-27-17-33-21-31(13-15-37(33)35(19-27)25-51)45-53-43(55-47(57-45)39-5-1-3-7-41(39)59)29-9-11-30(12-10-29)44-54-46(58-48(56-44)40-6-2-4-8-42(40)60)32-14-16-38-34(22-32)18-28(24-50)20-36(38)26-52/h1-22,59-60H. The Morgan fingerprint density at radius 1 is 0.350 bits per heavy atom. The summed E-state index contributed by atoms with van der Waals surface area (Å²) in [6.07, 6.45) is 0. The van der Waals surface area contributed by atoms with Crippen molar-refractivity contribution in [3.05, 3.63) is 156 Å². The minimum Gasteiger partial charge on any atom is -0.507 e. The van der Waals surface area contributed by atoms with Gasteiger partial charge in [0.2, 0.25) is 0 Å². The molecule has 0 bridgehead atoms. The van der Waals surface area contributed by atoms with Gasteiger partial charge in [-0.15, -0.1) is 0 Å². The van der Waals surface area contributed by atoms with E-state index in [1.165, 1.54) is 0 Å². The lowest BCUT2D eigenvalue weighted by molar-refractivity contribution is 0.476. The summed E-state index contributed by atoms with van der Waals surface area (Å²) in [7, 11) is 0. The number of phenolic OH excluding ortho intramolecular Hbond substituents is 2. The second-order valence-corrected chi connectivity index (χ2v) is 13.6. The fourth-order valence-corrected chi connectivity index (χ4v) is 6.94. The molecule has 0 spiro atoms. The van der Waals surface area contributed by atoms with Crippen molar-refractivity contribution < 1.29 is 10.2 Å². The third-order valence-corrected chi connectivity index (χ3v) is 9.88. The zero-order valence-electron chi connectivity index (χ0n) is 31.1. The van der Waals surface area contributed by atoms with E-state index in [1.807, 2.05) is 36.4 Å². The van der Waals surface area contributed by atoms with E-state index in [2.05, 4.69) is 24.3 Å².